The van der Waals surface area contributed by atoms with Crippen LogP contribution in [0, 0.1) is 13.8 Å². The lowest BCUT2D eigenvalue weighted by molar-refractivity contribution is -0.142. The number of carbonyl (C=O) groups excluding carboxylic acids is 2. The van der Waals surface area contributed by atoms with Crippen molar-refractivity contribution in [3.05, 3.63) is 81.9 Å². The van der Waals surface area contributed by atoms with Crippen LogP contribution in [-0.4, -0.2) is 32.1 Å². The van der Waals surface area contributed by atoms with E-state index in [2.05, 4.69) is 23.6 Å². The predicted octanol–water partition coefficient (Wildman–Crippen LogP) is 6.10. The summed E-state index contributed by atoms with van der Waals surface area (Å²) in [7, 11) is 2.89. The first-order valence-electron chi connectivity index (χ1n) is 11.3. The van der Waals surface area contributed by atoms with Crippen molar-refractivity contribution in [1.82, 2.24) is 5.32 Å². The number of hydrogen-bond donors (Lipinski definition) is 2. The molecule has 0 saturated carbocycles. The molecule has 3 rings (SSSR count). The van der Waals surface area contributed by atoms with E-state index < -0.39 is 12.0 Å². The summed E-state index contributed by atoms with van der Waals surface area (Å²) in [5.74, 6) is -0.139. The molecular formula is C28H31ClN2O4. The van der Waals surface area contributed by atoms with Crippen LogP contribution in [0.5, 0.6) is 5.75 Å². The third-order valence-corrected chi connectivity index (χ3v) is 6.21. The van der Waals surface area contributed by atoms with Crippen LogP contribution in [0.1, 0.15) is 46.9 Å². The quantitative estimate of drug-likeness (QED) is 0.370. The molecule has 0 aromatic heterocycles. The van der Waals surface area contributed by atoms with Gasteiger partial charge in [0.05, 0.1) is 19.2 Å². The standard InChI is InChI=1S/C28H31ClN2O4/c1-16-12-22(13-17(2)26(16)27(32)31-19(4)28(33)35-6)21-8-7-9-23(14-21)30-18(3)20-10-11-25(34-5)24(29)15-20/h7-15,18-19,30H,1-6H3,(H,31,32). The Labute approximate surface area is 211 Å². The van der Waals surface area contributed by atoms with E-state index in [0.717, 1.165) is 33.5 Å². The number of rotatable bonds is 8. The number of amides is 1. The van der Waals surface area contributed by atoms with Gasteiger partial charge in [0.15, 0.2) is 0 Å². The summed E-state index contributed by atoms with van der Waals surface area (Å²) in [6.45, 7) is 7.46. The Kier molecular flexibility index (Phi) is 8.41. The van der Waals surface area contributed by atoms with E-state index in [1.807, 2.05) is 62.4 Å². The molecule has 0 fully saturated rings. The largest absolute Gasteiger partial charge is 0.495 e. The molecule has 0 bridgehead atoms. The highest BCUT2D eigenvalue weighted by Gasteiger charge is 2.20. The van der Waals surface area contributed by atoms with E-state index in [-0.39, 0.29) is 11.9 Å². The molecule has 0 aliphatic rings. The summed E-state index contributed by atoms with van der Waals surface area (Å²) in [6.07, 6.45) is 0. The zero-order valence-electron chi connectivity index (χ0n) is 20.9. The second kappa shape index (κ2) is 11.3. The molecule has 0 radical (unpaired) electrons. The number of ether oxygens (including phenoxy) is 2. The molecule has 0 spiro atoms. The second-order valence-electron chi connectivity index (χ2n) is 8.54. The van der Waals surface area contributed by atoms with Crippen molar-refractivity contribution in [2.45, 2.75) is 39.8 Å². The number of anilines is 1. The van der Waals surface area contributed by atoms with E-state index >= 15 is 0 Å². The third kappa shape index (κ3) is 6.14. The van der Waals surface area contributed by atoms with Crippen molar-refractivity contribution in [3.63, 3.8) is 0 Å². The van der Waals surface area contributed by atoms with Crippen molar-refractivity contribution in [3.8, 4) is 16.9 Å². The van der Waals surface area contributed by atoms with E-state index in [4.69, 9.17) is 21.1 Å². The van der Waals surface area contributed by atoms with Crippen molar-refractivity contribution in [1.29, 1.82) is 0 Å². The molecule has 7 heteroatoms. The minimum Gasteiger partial charge on any atom is -0.495 e. The maximum absolute atomic E-state index is 12.8. The zero-order valence-corrected chi connectivity index (χ0v) is 21.6. The van der Waals surface area contributed by atoms with Gasteiger partial charge in [0.1, 0.15) is 11.8 Å². The fourth-order valence-corrected chi connectivity index (χ4v) is 4.33. The van der Waals surface area contributed by atoms with Crippen LogP contribution in [0.3, 0.4) is 0 Å². The zero-order chi connectivity index (χ0) is 25.7. The van der Waals surface area contributed by atoms with Crippen LogP contribution in [-0.2, 0) is 9.53 Å². The van der Waals surface area contributed by atoms with Gasteiger partial charge in [-0.1, -0.05) is 41.9 Å². The highest BCUT2D eigenvalue weighted by molar-refractivity contribution is 6.32. The lowest BCUT2D eigenvalue weighted by Gasteiger charge is -2.18. The van der Waals surface area contributed by atoms with Gasteiger partial charge in [0.2, 0.25) is 0 Å². The molecule has 0 heterocycles. The van der Waals surface area contributed by atoms with Crippen LogP contribution in [0.2, 0.25) is 5.02 Å². The average Bonchev–Trinajstić information content (AvgIpc) is 2.83. The number of methoxy groups -OCH3 is 2. The number of aryl methyl sites for hydroxylation is 2. The topological polar surface area (TPSA) is 76.7 Å². The molecule has 6 nitrogen and oxygen atoms in total. The van der Waals surface area contributed by atoms with Gasteiger partial charge in [0, 0.05) is 17.3 Å². The van der Waals surface area contributed by atoms with Gasteiger partial charge in [-0.2, -0.15) is 0 Å². The Morgan fingerprint density at radius 3 is 2.20 bits per heavy atom. The highest BCUT2D eigenvalue weighted by atomic mass is 35.5. The normalized spacial score (nSPS) is 12.4. The molecule has 35 heavy (non-hydrogen) atoms. The molecule has 2 N–H and O–H groups in total. The Morgan fingerprint density at radius 1 is 0.914 bits per heavy atom. The van der Waals surface area contributed by atoms with Crippen molar-refractivity contribution >= 4 is 29.2 Å². The minimum absolute atomic E-state index is 0.0278. The van der Waals surface area contributed by atoms with E-state index in [1.54, 1.807) is 14.0 Å². The van der Waals surface area contributed by atoms with Crippen LogP contribution < -0.4 is 15.4 Å². The van der Waals surface area contributed by atoms with E-state index in [0.29, 0.717) is 16.3 Å². The summed E-state index contributed by atoms with van der Waals surface area (Å²) < 4.78 is 9.94. The first-order valence-corrected chi connectivity index (χ1v) is 11.7. The number of halogens is 1. The molecule has 0 saturated heterocycles. The molecule has 3 aromatic rings. The van der Waals surface area contributed by atoms with Crippen LogP contribution in [0.25, 0.3) is 11.1 Å². The Hall–Kier alpha value is -3.51. The number of esters is 1. The van der Waals surface area contributed by atoms with Gasteiger partial charge in [-0.15, -0.1) is 0 Å². The minimum atomic E-state index is -0.726. The summed E-state index contributed by atoms with van der Waals surface area (Å²) in [5.41, 5.74) is 6.25. The fraction of sp³-hybridized carbons (Fsp3) is 0.286. The van der Waals surface area contributed by atoms with Crippen molar-refractivity contribution < 1.29 is 19.1 Å². The van der Waals surface area contributed by atoms with Crippen LogP contribution >= 0.6 is 11.6 Å². The summed E-state index contributed by atoms with van der Waals surface area (Å²) in [6, 6.07) is 17.1. The third-order valence-electron chi connectivity index (χ3n) is 5.92. The number of hydrogen-bond acceptors (Lipinski definition) is 5. The maximum atomic E-state index is 12.8. The predicted molar refractivity (Wildman–Crippen MR) is 140 cm³/mol. The monoisotopic (exact) mass is 494 g/mol. The maximum Gasteiger partial charge on any atom is 0.328 e. The lowest BCUT2D eigenvalue weighted by Crippen LogP contribution is -2.39. The molecule has 2 unspecified atom stereocenters. The smallest absolute Gasteiger partial charge is 0.328 e. The first-order chi connectivity index (χ1) is 16.6. The average molecular weight is 495 g/mol. The van der Waals surface area contributed by atoms with E-state index in [1.165, 1.54) is 7.11 Å². The van der Waals surface area contributed by atoms with Crippen molar-refractivity contribution in [2.24, 2.45) is 0 Å². The van der Waals surface area contributed by atoms with Gasteiger partial charge < -0.3 is 20.1 Å². The van der Waals surface area contributed by atoms with Gasteiger partial charge in [-0.05, 0) is 79.8 Å². The number of nitrogens with one attached hydrogen (secondary N) is 2. The van der Waals surface area contributed by atoms with Gasteiger partial charge in [-0.3, -0.25) is 4.79 Å². The SMILES string of the molecule is COC(=O)C(C)NC(=O)c1c(C)cc(-c2cccc(NC(C)c3ccc(OC)c(Cl)c3)c2)cc1C. The van der Waals surface area contributed by atoms with Crippen molar-refractivity contribution in [2.75, 3.05) is 19.5 Å². The Morgan fingerprint density at radius 2 is 1.60 bits per heavy atom. The molecule has 184 valence electrons. The van der Waals surface area contributed by atoms with Gasteiger partial charge in [-0.25, -0.2) is 4.79 Å². The van der Waals surface area contributed by atoms with E-state index in [9.17, 15) is 9.59 Å². The summed E-state index contributed by atoms with van der Waals surface area (Å²) >= 11 is 6.29. The Balaban J connectivity index is 1.82. The summed E-state index contributed by atoms with van der Waals surface area (Å²) in [4.78, 5) is 24.5. The molecule has 0 aliphatic carbocycles. The lowest BCUT2D eigenvalue weighted by atomic mass is 9.94. The molecule has 1 amide bonds. The number of benzene rings is 3. The molecule has 0 aliphatic heterocycles. The van der Waals surface area contributed by atoms with Crippen LogP contribution in [0.15, 0.2) is 54.6 Å². The first kappa shape index (κ1) is 26.1. The second-order valence-corrected chi connectivity index (χ2v) is 8.95. The molecule has 2 atom stereocenters. The van der Waals surface area contributed by atoms with Gasteiger partial charge >= 0.3 is 5.97 Å². The van der Waals surface area contributed by atoms with Crippen LogP contribution in [0.4, 0.5) is 5.69 Å². The fourth-order valence-electron chi connectivity index (χ4n) is 4.07. The Bertz CT molecular complexity index is 1220. The van der Waals surface area contributed by atoms with Gasteiger partial charge in [0.25, 0.3) is 5.91 Å². The number of carbonyl (C=O) groups is 2. The molecule has 3 aromatic carbocycles. The summed E-state index contributed by atoms with van der Waals surface area (Å²) in [5, 5.41) is 6.80. The molecular weight excluding hydrogens is 464 g/mol. The highest BCUT2D eigenvalue weighted by Crippen LogP contribution is 2.31.